The molecule has 1 atom stereocenters. The van der Waals surface area contributed by atoms with Gasteiger partial charge in [0.15, 0.2) is 0 Å². The number of rotatable bonds is 6. The molecule has 0 saturated carbocycles. The molecule has 0 amide bonds. The Morgan fingerprint density at radius 2 is 2.12 bits per heavy atom. The summed E-state index contributed by atoms with van der Waals surface area (Å²) >= 11 is 0. The molecule has 0 N–H and O–H groups in total. The van der Waals surface area contributed by atoms with Gasteiger partial charge in [0, 0.05) is 50.0 Å². The van der Waals surface area contributed by atoms with Gasteiger partial charge in [-0.3, -0.25) is 4.90 Å². The predicted molar refractivity (Wildman–Crippen MR) is 106 cm³/mol. The fraction of sp³-hybridized carbons (Fsp3) is 0.476. The molecule has 0 spiro atoms. The first-order chi connectivity index (χ1) is 12.8. The van der Waals surface area contributed by atoms with Gasteiger partial charge in [0.05, 0.1) is 31.4 Å². The van der Waals surface area contributed by atoms with Gasteiger partial charge in [-0.25, -0.2) is 4.98 Å². The number of morpholine rings is 1. The fourth-order valence-electron chi connectivity index (χ4n) is 4.10. The van der Waals surface area contributed by atoms with Crippen LogP contribution in [-0.2, 0) is 11.2 Å². The van der Waals surface area contributed by atoms with Crippen LogP contribution in [0.5, 0.6) is 0 Å². The number of aromatic nitrogens is 2. The molecule has 0 bridgehead atoms. The molecule has 5 nitrogen and oxygen atoms in total. The SMILES string of the molecule is C=CCN1CCc2cc(-c3cncn3C(C)CN3CCOCC3)ccc21. The van der Waals surface area contributed by atoms with Crippen molar-refractivity contribution in [2.45, 2.75) is 19.4 Å². The van der Waals surface area contributed by atoms with E-state index in [4.69, 9.17) is 4.74 Å². The summed E-state index contributed by atoms with van der Waals surface area (Å²) in [5.41, 5.74) is 5.24. The molecule has 1 aromatic heterocycles. The Bertz CT molecular complexity index is 763. The van der Waals surface area contributed by atoms with Crippen LogP contribution >= 0.6 is 0 Å². The third-order valence-electron chi connectivity index (χ3n) is 5.48. The van der Waals surface area contributed by atoms with Crippen LogP contribution < -0.4 is 4.90 Å². The smallest absolute Gasteiger partial charge is 0.0953 e. The standard InChI is InChI=1S/C21H28N4O/c1-3-7-24-8-6-19-13-18(4-5-20(19)24)21-14-22-16-25(21)17(2)15-23-9-11-26-12-10-23/h3-5,13-14,16-17H,1,6-12,15H2,2H3. The van der Waals surface area contributed by atoms with Crippen molar-refractivity contribution in [3.63, 3.8) is 0 Å². The van der Waals surface area contributed by atoms with Crippen molar-refractivity contribution >= 4 is 5.69 Å². The summed E-state index contributed by atoms with van der Waals surface area (Å²) in [6.45, 7) is 12.9. The molecular weight excluding hydrogens is 324 g/mol. The second-order valence-electron chi connectivity index (χ2n) is 7.28. The van der Waals surface area contributed by atoms with Crippen LogP contribution in [-0.4, -0.2) is 60.4 Å². The Hall–Kier alpha value is -2.11. The van der Waals surface area contributed by atoms with Crippen molar-refractivity contribution in [1.29, 1.82) is 0 Å². The Balaban J connectivity index is 1.54. The summed E-state index contributed by atoms with van der Waals surface area (Å²) in [6.07, 6.45) is 7.05. The molecule has 1 unspecified atom stereocenters. The van der Waals surface area contributed by atoms with Gasteiger partial charge < -0.3 is 14.2 Å². The molecule has 2 aromatic rings. The molecule has 4 rings (SSSR count). The Morgan fingerprint density at radius 1 is 1.27 bits per heavy atom. The number of fused-ring (bicyclic) bond motifs is 1. The highest BCUT2D eigenvalue weighted by molar-refractivity contribution is 5.68. The minimum absolute atomic E-state index is 0.385. The number of hydrogen-bond acceptors (Lipinski definition) is 4. The molecule has 2 aliphatic heterocycles. The van der Waals surface area contributed by atoms with E-state index in [2.05, 4.69) is 51.1 Å². The molecule has 26 heavy (non-hydrogen) atoms. The van der Waals surface area contributed by atoms with Crippen molar-refractivity contribution < 1.29 is 4.74 Å². The van der Waals surface area contributed by atoms with Gasteiger partial charge in [0.2, 0.25) is 0 Å². The van der Waals surface area contributed by atoms with E-state index >= 15 is 0 Å². The highest BCUT2D eigenvalue weighted by Gasteiger charge is 2.21. The summed E-state index contributed by atoms with van der Waals surface area (Å²) in [6, 6.07) is 7.21. The van der Waals surface area contributed by atoms with Crippen LogP contribution in [0.25, 0.3) is 11.3 Å². The number of ether oxygens (including phenoxy) is 1. The Kier molecular flexibility index (Phi) is 5.09. The van der Waals surface area contributed by atoms with Gasteiger partial charge in [0.1, 0.15) is 0 Å². The van der Waals surface area contributed by atoms with Gasteiger partial charge in [-0.2, -0.15) is 0 Å². The van der Waals surface area contributed by atoms with Crippen LogP contribution in [0.4, 0.5) is 5.69 Å². The summed E-state index contributed by atoms with van der Waals surface area (Å²) < 4.78 is 7.78. The van der Waals surface area contributed by atoms with E-state index in [1.807, 2.05) is 18.6 Å². The molecule has 2 aliphatic rings. The Morgan fingerprint density at radius 3 is 2.92 bits per heavy atom. The molecular formula is C21H28N4O. The zero-order valence-corrected chi connectivity index (χ0v) is 15.6. The maximum atomic E-state index is 5.46. The highest BCUT2D eigenvalue weighted by Crippen LogP contribution is 2.33. The van der Waals surface area contributed by atoms with Gasteiger partial charge in [-0.15, -0.1) is 6.58 Å². The number of hydrogen-bond donors (Lipinski definition) is 0. The van der Waals surface area contributed by atoms with Crippen molar-refractivity contribution in [3.8, 4) is 11.3 Å². The summed E-state index contributed by atoms with van der Waals surface area (Å²) in [5, 5.41) is 0. The van der Waals surface area contributed by atoms with E-state index in [9.17, 15) is 0 Å². The first kappa shape index (κ1) is 17.3. The number of imidazole rings is 1. The minimum atomic E-state index is 0.385. The number of nitrogens with zero attached hydrogens (tertiary/aromatic N) is 4. The van der Waals surface area contributed by atoms with Gasteiger partial charge in [-0.05, 0) is 31.0 Å². The van der Waals surface area contributed by atoms with E-state index in [1.165, 1.54) is 22.5 Å². The topological polar surface area (TPSA) is 33.5 Å². The lowest BCUT2D eigenvalue weighted by Crippen LogP contribution is -2.39. The largest absolute Gasteiger partial charge is 0.379 e. The van der Waals surface area contributed by atoms with Crippen LogP contribution in [0.15, 0.2) is 43.4 Å². The van der Waals surface area contributed by atoms with Crippen molar-refractivity contribution in [3.05, 3.63) is 48.9 Å². The number of anilines is 1. The second kappa shape index (κ2) is 7.64. The summed E-state index contributed by atoms with van der Waals surface area (Å²) in [7, 11) is 0. The van der Waals surface area contributed by atoms with E-state index in [1.54, 1.807) is 0 Å². The van der Waals surface area contributed by atoms with Crippen LogP contribution in [0, 0.1) is 0 Å². The molecule has 0 aliphatic carbocycles. The van der Waals surface area contributed by atoms with Gasteiger partial charge >= 0.3 is 0 Å². The summed E-state index contributed by atoms with van der Waals surface area (Å²) in [4.78, 5) is 9.32. The third kappa shape index (κ3) is 3.41. The predicted octanol–water partition coefficient (Wildman–Crippen LogP) is 2.99. The second-order valence-corrected chi connectivity index (χ2v) is 7.28. The van der Waals surface area contributed by atoms with Gasteiger partial charge in [0.25, 0.3) is 0 Å². The first-order valence-corrected chi connectivity index (χ1v) is 9.57. The lowest BCUT2D eigenvalue weighted by molar-refractivity contribution is 0.0326. The van der Waals surface area contributed by atoms with Crippen molar-refractivity contribution in [2.24, 2.45) is 0 Å². The fourth-order valence-corrected chi connectivity index (χ4v) is 4.10. The molecule has 0 radical (unpaired) electrons. The molecule has 1 saturated heterocycles. The molecule has 3 heterocycles. The van der Waals surface area contributed by atoms with Gasteiger partial charge in [-0.1, -0.05) is 12.1 Å². The van der Waals surface area contributed by atoms with Crippen LogP contribution in [0.3, 0.4) is 0 Å². The molecule has 1 aromatic carbocycles. The van der Waals surface area contributed by atoms with Crippen LogP contribution in [0.1, 0.15) is 18.5 Å². The average molecular weight is 352 g/mol. The average Bonchev–Trinajstić information content (AvgIpc) is 3.30. The highest BCUT2D eigenvalue weighted by atomic mass is 16.5. The zero-order chi connectivity index (χ0) is 17.9. The van der Waals surface area contributed by atoms with Crippen molar-refractivity contribution in [2.75, 3.05) is 50.8 Å². The minimum Gasteiger partial charge on any atom is -0.379 e. The Labute approximate surface area is 155 Å². The van der Waals surface area contributed by atoms with E-state index in [-0.39, 0.29) is 0 Å². The first-order valence-electron chi connectivity index (χ1n) is 9.57. The van der Waals surface area contributed by atoms with E-state index in [0.29, 0.717) is 6.04 Å². The molecule has 138 valence electrons. The quantitative estimate of drug-likeness (QED) is 0.749. The van der Waals surface area contributed by atoms with Crippen LogP contribution in [0.2, 0.25) is 0 Å². The number of benzene rings is 1. The van der Waals surface area contributed by atoms with E-state index < -0.39 is 0 Å². The third-order valence-corrected chi connectivity index (χ3v) is 5.48. The monoisotopic (exact) mass is 352 g/mol. The maximum Gasteiger partial charge on any atom is 0.0953 e. The maximum absolute atomic E-state index is 5.46. The molecule has 5 heteroatoms. The summed E-state index contributed by atoms with van der Waals surface area (Å²) in [5.74, 6) is 0. The lowest BCUT2D eigenvalue weighted by Gasteiger charge is -2.30. The lowest BCUT2D eigenvalue weighted by atomic mass is 10.1. The normalized spacial score (nSPS) is 18.7. The zero-order valence-electron chi connectivity index (χ0n) is 15.6. The van der Waals surface area contributed by atoms with Crippen molar-refractivity contribution in [1.82, 2.24) is 14.5 Å². The molecule has 1 fully saturated rings. The van der Waals surface area contributed by atoms with E-state index in [0.717, 1.165) is 52.4 Å².